The average Bonchev–Trinajstić information content (AvgIpc) is 2.72. The Balaban J connectivity index is 2.14. The van der Waals surface area contributed by atoms with E-state index >= 15 is 0 Å². The number of nitrogens with zero attached hydrogens (tertiary/aromatic N) is 1. The second kappa shape index (κ2) is 4.19. The predicted octanol–water partition coefficient (Wildman–Crippen LogP) is 3.50. The van der Waals surface area contributed by atoms with Gasteiger partial charge in [0.05, 0.1) is 0 Å². The van der Waals surface area contributed by atoms with Crippen LogP contribution < -0.4 is 0 Å². The fourth-order valence-corrected chi connectivity index (χ4v) is 3.08. The molecule has 2 nitrogen and oxygen atoms in total. The number of likely N-dealkylation sites (N-methyl/N-ethyl adjacent to an activating group) is 1. The van der Waals surface area contributed by atoms with Gasteiger partial charge >= 0.3 is 0 Å². The van der Waals surface area contributed by atoms with Crippen molar-refractivity contribution in [2.24, 2.45) is 0 Å². The molecule has 2 heteroatoms. The quantitative estimate of drug-likeness (QED) is 0.833. The van der Waals surface area contributed by atoms with Crippen LogP contribution in [0.1, 0.15) is 37.1 Å². The average molecular weight is 228 g/mol. The van der Waals surface area contributed by atoms with Crippen LogP contribution in [0.25, 0.3) is 10.9 Å². The van der Waals surface area contributed by atoms with Gasteiger partial charge in [-0.25, -0.2) is 0 Å². The molecule has 2 aromatic rings. The van der Waals surface area contributed by atoms with Crippen molar-refractivity contribution in [2.45, 2.75) is 32.2 Å². The minimum absolute atomic E-state index is 0.580. The first kappa shape index (κ1) is 10.8. The van der Waals surface area contributed by atoms with E-state index in [4.69, 9.17) is 0 Å². The lowest BCUT2D eigenvalue weighted by molar-refractivity contribution is 0.215. The number of benzene rings is 1. The van der Waals surface area contributed by atoms with Crippen molar-refractivity contribution in [3.63, 3.8) is 0 Å². The van der Waals surface area contributed by atoms with E-state index in [0.29, 0.717) is 6.04 Å². The molecule has 0 spiro atoms. The number of aromatic amines is 1. The van der Waals surface area contributed by atoms with Crippen LogP contribution in [0, 0.1) is 0 Å². The summed E-state index contributed by atoms with van der Waals surface area (Å²) in [5, 5.41) is 1.43. The van der Waals surface area contributed by atoms with Crippen molar-refractivity contribution in [1.29, 1.82) is 0 Å². The lowest BCUT2D eigenvalue weighted by Crippen LogP contribution is -2.31. The van der Waals surface area contributed by atoms with Gasteiger partial charge in [0, 0.05) is 29.2 Å². The molecule has 1 atom stereocenters. The van der Waals surface area contributed by atoms with Crippen LogP contribution in [0.4, 0.5) is 0 Å². The van der Waals surface area contributed by atoms with Crippen LogP contribution in [-0.4, -0.2) is 23.5 Å². The Morgan fingerprint density at radius 2 is 2.18 bits per heavy atom. The predicted molar refractivity (Wildman–Crippen MR) is 72.3 cm³/mol. The molecule has 0 radical (unpaired) electrons. The van der Waals surface area contributed by atoms with Gasteiger partial charge in [0.25, 0.3) is 0 Å². The van der Waals surface area contributed by atoms with Gasteiger partial charge in [-0.2, -0.15) is 0 Å². The number of rotatable bonds is 2. The molecule has 0 saturated carbocycles. The van der Waals surface area contributed by atoms with Crippen molar-refractivity contribution in [1.82, 2.24) is 9.88 Å². The van der Waals surface area contributed by atoms with Gasteiger partial charge < -0.3 is 4.98 Å². The summed E-state index contributed by atoms with van der Waals surface area (Å²) >= 11 is 0. The Morgan fingerprint density at radius 3 is 3.00 bits per heavy atom. The van der Waals surface area contributed by atoms with Gasteiger partial charge in [-0.15, -0.1) is 0 Å². The van der Waals surface area contributed by atoms with Crippen LogP contribution in [0.15, 0.2) is 24.3 Å². The number of hydrogen-bond donors (Lipinski definition) is 1. The molecule has 1 aromatic carbocycles. The first-order valence-electron chi connectivity index (χ1n) is 6.61. The lowest BCUT2D eigenvalue weighted by Gasteiger charge is -2.32. The third kappa shape index (κ3) is 1.67. The van der Waals surface area contributed by atoms with E-state index in [2.05, 4.69) is 48.1 Å². The van der Waals surface area contributed by atoms with E-state index in [-0.39, 0.29) is 0 Å². The zero-order valence-corrected chi connectivity index (χ0v) is 10.7. The Labute approximate surface area is 103 Å². The van der Waals surface area contributed by atoms with Crippen molar-refractivity contribution < 1.29 is 0 Å². The van der Waals surface area contributed by atoms with Crippen LogP contribution in [0.3, 0.4) is 0 Å². The first-order valence-corrected chi connectivity index (χ1v) is 6.61. The Kier molecular flexibility index (Phi) is 2.67. The topological polar surface area (TPSA) is 19.0 Å². The maximum Gasteiger partial charge on any atom is 0.0498 e. The van der Waals surface area contributed by atoms with E-state index < -0.39 is 0 Å². The highest BCUT2D eigenvalue weighted by Gasteiger charge is 2.26. The lowest BCUT2D eigenvalue weighted by atomic mass is 9.95. The maximum atomic E-state index is 3.64. The molecule has 0 saturated heterocycles. The summed E-state index contributed by atoms with van der Waals surface area (Å²) in [6, 6.07) is 9.28. The van der Waals surface area contributed by atoms with Crippen molar-refractivity contribution in [2.75, 3.05) is 13.6 Å². The molecule has 1 aromatic heterocycles. The highest BCUT2D eigenvalue weighted by Crippen LogP contribution is 2.35. The third-order valence-corrected chi connectivity index (χ3v) is 3.99. The molecular weight excluding hydrogens is 208 g/mol. The summed E-state index contributed by atoms with van der Waals surface area (Å²) in [4.78, 5) is 6.13. The molecule has 90 valence electrons. The zero-order chi connectivity index (χ0) is 11.8. The SMILES string of the molecule is CCCC1c2[nH]c3ccccc3c2CCN1C. The maximum absolute atomic E-state index is 3.64. The van der Waals surface area contributed by atoms with Gasteiger partial charge in [0.2, 0.25) is 0 Å². The van der Waals surface area contributed by atoms with E-state index in [1.54, 1.807) is 5.56 Å². The fourth-order valence-electron chi connectivity index (χ4n) is 3.08. The van der Waals surface area contributed by atoms with Crippen LogP contribution in [-0.2, 0) is 6.42 Å². The summed E-state index contributed by atoms with van der Waals surface area (Å²) in [7, 11) is 2.24. The van der Waals surface area contributed by atoms with Gasteiger partial charge in [0.1, 0.15) is 0 Å². The minimum atomic E-state index is 0.580. The largest absolute Gasteiger partial charge is 0.357 e. The van der Waals surface area contributed by atoms with E-state index in [1.165, 1.54) is 42.4 Å². The van der Waals surface area contributed by atoms with Crippen molar-refractivity contribution in [3.05, 3.63) is 35.5 Å². The second-order valence-electron chi connectivity index (χ2n) is 5.10. The number of H-pyrrole nitrogens is 1. The zero-order valence-electron chi connectivity index (χ0n) is 10.7. The summed E-state index contributed by atoms with van der Waals surface area (Å²) in [5.74, 6) is 0. The molecule has 3 rings (SSSR count). The highest BCUT2D eigenvalue weighted by atomic mass is 15.1. The highest BCUT2D eigenvalue weighted by molar-refractivity contribution is 5.85. The van der Waals surface area contributed by atoms with Gasteiger partial charge in [-0.05, 0) is 31.5 Å². The van der Waals surface area contributed by atoms with E-state index in [0.717, 1.165) is 0 Å². The third-order valence-electron chi connectivity index (χ3n) is 3.99. The minimum Gasteiger partial charge on any atom is -0.357 e. The van der Waals surface area contributed by atoms with Crippen LogP contribution in [0.5, 0.6) is 0 Å². The van der Waals surface area contributed by atoms with E-state index in [9.17, 15) is 0 Å². The molecule has 0 bridgehead atoms. The molecule has 0 aliphatic carbocycles. The summed E-state index contributed by atoms with van der Waals surface area (Å²) in [5.41, 5.74) is 4.31. The Hall–Kier alpha value is -1.28. The number of fused-ring (bicyclic) bond motifs is 3. The van der Waals surface area contributed by atoms with Crippen LogP contribution in [0.2, 0.25) is 0 Å². The molecule has 17 heavy (non-hydrogen) atoms. The Bertz CT molecular complexity index is 527. The van der Waals surface area contributed by atoms with Crippen LogP contribution >= 0.6 is 0 Å². The second-order valence-corrected chi connectivity index (χ2v) is 5.10. The summed E-state index contributed by atoms with van der Waals surface area (Å²) in [6.07, 6.45) is 3.66. The normalized spacial score (nSPS) is 20.7. The number of para-hydroxylation sites is 1. The number of hydrogen-bond acceptors (Lipinski definition) is 1. The number of nitrogens with one attached hydrogen (secondary N) is 1. The van der Waals surface area contributed by atoms with E-state index in [1.807, 2.05) is 0 Å². The molecular formula is C15H20N2. The first-order chi connectivity index (χ1) is 8.31. The smallest absolute Gasteiger partial charge is 0.0498 e. The number of aromatic nitrogens is 1. The molecule has 0 amide bonds. The molecule has 1 aliphatic rings. The monoisotopic (exact) mass is 228 g/mol. The fraction of sp³-hybridized carbons (Fsp3) is 0.467. The molecule has 0 fully saturated rings. The summed E-state index contributed by atoms with van der Waals surface area (Å²) < 4.78 is 0. The standard InChI is InChI=1S/C15H20N2/c1-3-6-14-15-12(9-10-17(14)2)11-7-4-5-8-13(11)16-15/h4-5,7-8,14,16H,3,6,9-10H2,1-2H3. The van der Waals surface area contributed by atoms with Gasteiger partial charge in [0.15, 0.2) is 0 Å². The summed E-state index contributed by atoms with van der Waals surface area (Å²) in [6.45, 7) is 3.45. The molecule has 1 N–H and O–H groups in total. The van der Waals surface area contributed by atoms with Gasteiger partial charge in [-0.1, -0.05) is 31.5 Å². The van der Waals surface area contributed by atoms with Gasteiger partial charge in [-0.3, -0.25) is 4.90 Å². The van der Waals surface area contributed by atoms with Crippen molar-refractivity contribution in [3.8, 4) is 0 Å². The van der Waals surface area contributed by atoms with Crippen molar-refractivity contribution >= 4 is 10.9 Å². The molecule has 1 aliphatic heterocycles. The molecule has 1 unspecified atom stereocenters. The molecule has 2 heterocycles. The Morgan fingerprint density at radius 1 is 1.35 bits per heavy atom.